The third kappa shape index (κ3) is 2.56. The molecular weight excluding hydrogens is 224 g/mol. The van der Waals surface area contributed by atoms with Crippen LogP contribution in [0.25, 0.3) is 0 Å². The Morgan fingerprint density at radius 2 is 2.17 bits per heavy atom. The van der Waals surface area contributed by atoms with Crippen molar-refractivity contribution in [2.75, 3.05) is 0 Å². The van der Waals surface area contributed by atoms with Crippen molar-refractivity contribution in [3.8, 4) is 0 Å². The van der Waals surface area contributed by atoms with Gasteiger partial charge in [-0.15, -0.1) is 5.92 Å². The maximum Gasteiger partial charge on any atom is 0.104 e. The molecule has 1 aliphatic heterocycles. The Bertz CT molecular complexity index is 132. The molecule has 1 nitrogen and oxygen atoms in total. The van der Waals surface area contributed by atoms with Crippen LogP contribution in [-0.2, 0) is 37.4 Å². The Balaban J connectivity index is 0.00000121. The van der Waals surface area contributed by atoms with E-state index in [0.717, 1.165) is 18.9 Å². The van der Waals surface area contributed by atoms with Gasteiger partial charge in [-0.3, -0.25) is 0 Å². The van der Waals surface area contributed by atoms with Crippen molar-refractivity contribution in [3.63, 3.8) is 0 Å². The summed E-state index contributed by atoms with van der Waals surface area (Å²) in [6, 6.07) is -0.113. The standard InChI is InChI=1S/C9H15BO.Y/c1-4-7-6(3)8(5-2)11-9(7)10;/h6-7,9H,1,4-5H2,2-3H3;/q-2;/t6-,7?,9-;/m1./s1. The molecule has 0 aromatic carbocycles. The van der Waals surface area contributed by atoms with E-state index in [1.54, 1.807) is 0 Å². The monoisotopic (exact) mass is 239 g/mol. The minimum atomic E-state index is -0.113. The van der Waals surface area contributed by atoms with Crippen LogP contribution >= 0.6 is 0 Å². The van der Waals surface area contributed by atoms with E-state index in [0.29, 0.717) is 11.8 Å². The van der Waals surface area contributed by atoms with Crippen molar-refractivity contribution in [1.29, 1.82) is 0 Å². The molecule has 0 amide bonds. The van der Waals surface area contributed by atoms with Gasteiger partial charge >= 0.3 is 0 Å². The first-order valence-corrected chi connectivity index (χ1v) is 4.27. The normalized spacial score (nSPS) is 36.4. The minimum Gasteiger partial charge on any atom is -0.553 e. The quantitative estimate of drug-likeness (QED) is 0.528. The zero-order valence-electron chi connectivity index (χ0n) is 7.92. The summed E-state index contributed by atoms with van der Waals surface area (Å²) in [7, 11) is 5.76. The molecule has 12 heavy (non-hydrogen) atoms. The predicted molar refractivity (Wildman–Crippen MR) is 46.8 cm³/mol. The van der Waals surface area contributed by atoms with E-state index in [1.165, 1.54) is 0 Å². The van der Waals surface area contributed by atoms with Gasteiger partial charge in [0, 0.05) is 32.7 Å². The first-order valence-electron chi connectivity index (χ1n) is 4.27. The molecule has 1 rings (SSSR count). The fourth-order valence-corrected chi connectivity index (χ4v) is 1.71. The predicted octanol–water partition coefficient (Wildman–Crippen LogP) is 1.93. The molecule has 1 aliphatic rings. The Hall–Kier alpha value is 1.13. The average Bonchev–Trinajstić information content (AvgIpc) is 2.26. The van der Waals surface area contributed by atoms with Gasteiger partial charge in [0.2, 0.25) is 0 Å². The third-order valence-electron chi connectivity index (χ3n) is 2.54. The molecule has 1 unspecified atom stereocenters. The van der Waals surface area contributed by atoms with E-state index in [4.69, 9.17) is 12.6 Å². The molecule has 65 valence electrons. The summed E-state index contributed by atoms with van der Waals surface area (Å²) in [6.45, 7) is 8.13. The topological polar surface area (TPSA) is 9.23 Å². The molecule has 0 saturated carbocycles. The van der Waals surface area contributed by atoms with Crippen molar-refractivity contribution in [2.24, 2.45) is 11.8 Å². The summed E-state index contributed by atoms with van der Waals surface area (Å²) < 4.78 is 5.48. The molecule has 1 fully saturated rings. The zero-order valence-corrected chi connectivity index (χ0v) is 10.8. The van der Waals surface area contributed by atoms with E-state index in [1.807, 2.05) is 0 Å². The zero-order chi connectivity index (χ0) is 8.43. The van der Waals surface area contributed by atoms with Gasteiger partial charge in [-0.25, -0.2) is 0 Å². The van der Waals surface area contributed by atoms with E-state index in [2.05, 4.69) is 20.8 Å². The molecule has 3 atom stereocenters. The van der Waals surface area contributed by atoms with Crippen LogP contribution in [0.2, 0.25) is 0 Å². The average molecular weight is 239 g/mol. The number of ether oxygens (including phenoxy) is 1. The van der Waals surface area contributed by atoms with Crippen molar-refractivity contribution in [1.82, 2.24) is 0 Å². The summed E-state index contributed by atoms with van der Waals surface area (Å²) in [6.07, 6.45) is 2.99. The van der Waals surface area contributed by atoms with Gasteiger partial charge < -0.3 is 11.7 Å². The second-order valence-electron chi connectivity index (χ2n) is 3.14. The molecule has 0 aliphatic carbocycles. The van der Waals surface area contributed by atoms with Crippen LogP contribution in [0.4, 0.5) is 0 Å². The molecule has 1 heterocycles. The maximum absolute atomic E-state index is 5.76. The smallest absolute Gasteiger partial charge is 0.104 e. The summed E-state index contributed by atoms with van der Waals surface area (Å²) in [4.78, 5) is 0. The molecular formula is C9H15BOY-2. The fourth-order valence-electron chi connectivity index (χ4n) is 1.71. The molecule has 0 aromatic heterocycles. The molecule has 0 bridgehead atoms. The van der Waals surface area contributed by atoms with Crippen molar-refractivity contribution in [3.05, 3.63) is 13.0 Å². The number of rotatable bonds is 2. The molecule has 3 heteroatoms. The van der Waals surface area contributed by atoms with E-state index < -0.39 is 0 Å². The van der Waals surface area contributed by atoms with Crippen LogP contribution < -0.4 is 0 Å². The molecule has 1 saturated heterocycles. The first-order chi connectivity index (χ1) is 5.20. The first kappa shape index (κ1) is 13.1. The fraction of sp³-hybridized carbons (Fsp3) is 0.778. The van der Waals surface area contributed by atoms with E-state index >= 15 is 0 Å². The van der Waals surface area contributed by atoms with Crippen LogP contribution in [0, 0.1) is 24.9 Å². The van der Waals surface area contributed by atoms with Gasteiger partial charge in [0.05, 0.1) is 0 Å². The van der Waals surface area contributed by atoms with Crippen LogP contribution in [0.3, 0.4) is 0 Å². The van der Waals surface area contributed by atoms with E-state index in [-0.39, 0.29) is 38.7 Å². The van der Waals surface area contributed by atoms with Crippen LogP contribution in [-0.4, -0.2) is 13.8 Å². The second kappa shape index (κ2) is 5.77. The molecule has 0 N–H and O–H groups in total. The van der Waals surface area contributed by atoms with Crippen molar-refractivity contribution >= 4 is 7.85 Å². The van der Waals surface area contributed by atoms with Crippen LogP contribution in [0.1, 0.15) is 26.7 Å². The summed E-state index contributed by atoms with van der Waals surface area (Å²) in [5.41, 5.74) is 0. The minimum absolute atomic E-state index is 0. The summed E-state index contributed by atoms with van der Waals surface area (Å²) >= 11 is 0. The van der Waals surface area contributed by atoms with Gasteiger partial charge in [-0.2, -0.15) is 18.9 Å². The third-order valence-corrected chi connectivity index (χ3v) is 2.54. The second-order valence-corrected chi connectivity index (χ2v) is 3.14. The molecule has 0 aromatic rings. The van der Waals surface area contributed by atoms with Crippen LogP contribution in [0.15, 0.2) is 0 Å². The number of hydrogen-bond acceptors (Lipinski definition) is 1. The van der Waals surface area contributed by atoms with Gasteiger partial charge in [0.25, 0.3) is 0 Å². The van der Waals surface area contributed by atoms with Gasteiger partial charge in [0.1, 0.15) is 7.85 Å². The largest absolute Gasteiger partial charge is 0.553 e. The Kier molecular flexibility index (Phi) is 6.32. The Morgan fingerprint density at radius 3 is 2.42 bits per heavy atom. The Labute approximate surface area is 102 Å². The number of hydrogen-bond donors (Lipinski definition) is 0. The summed E-state index contributed by atoms with van der Waals surface area (Å²) in [5.74, 6) is 0.914. The molecule has 0 spiro atoms. The molecule has 3 radical (unpaired) electrons. The maximum atomic E-state index is 5.76. The van der Waals surface area contributed by atoms with E-state index in [9.17, 15) is 0 Å². The van der Waals surface area contributed by atoms with Crippen molar-refractivity contribution in [2.45, 2.75) is 32.7 Å². The Morgan fingerprint density at radius 1 is 1.58 bits per heavy atom. The van der Waals surface area contributed by atoms with Crippen molar-refractivity contribution < 1.29 is 37.4 Å². The SMILES string of the molecule is [B][C@@H]1O[C-](CC)[C@H](C)C1C[CH2-].[Y]. The van der Waals surface area contributed by atoms with Gasteiger partial charge in [-0.05, 0) is 6.00 Å². The summed E-state index contributed by atoms with van der Waals surface area (Å²) in [5, 5.41) is 0. The van der Waals surface area contributed by atoms with Crippen LogP contribution in [0.5, 0.6) is 0 Å². The van der Waals surface area contributed by atoms with Gasteiger partial charge in [0.15, 0.2) is 0 Å². The van der Waals surface area contributed by atoms with Gasteiger partial charge in [-0.1, -0.05) is 19.8 Å².